The molecule has 19 heavy (non-hydrogen) atoms. The van der Waals surface area contributed by atoms with E-state index in [-0.39, 0.29) is 5.91 Å². The van der Waals surface area contributed by atoms with Crippen LogP contribution in [0.1, 0.15) is 19.3 Å². The average Bonchev–Trinajstić information content (AvgIpc) is 2.41. The summed E-state index contributed by atoms with van der Waals surface area (Å²) in [6, 6.07) is 0. The minimum absolute atomic E-state index is 0.0926. The molecule has 0 saturated carbocycles. The summed E-state index contributed by atoms with van der Waals surface area (Å²) in [6.45, 7) is 2.67. The van der Waals surface area contributed by atoms with Crippen LogP contribution < -0.4 is 10.6 Å². The smallest absolute Gasteiger partial charge is 0.222 e. The average molecular weight is 274 g/mol. The van der Waals surface area contributed by atoms with Crippen molar-refractivity contribution in [2.24, 2.45) is 0 Å². The topological polar surface area (TPSA) is 93.7 Å². The molecule has 7 nitrogen and oxygen atoms in total. The van der Waals surface area contributed by atoms with Crippen LogP contribution >= 0.6 is 0 Å². The molecule has 0 aromatic rings. The number of ether oxygens (including phenoxy) is 2. The van der Waals surface area contributed by atoms with E-state index in [1.165, 1.54) is 0 Å². The van der Waals surface area contributed by atoms with Crippen LogP contribution in [0.3, 0.4) is 0 Å². The minimum Gasteiger partial charge on any atom is -0.381 e. The second-order valence-electron chi connectivity index (χ2n) is 3.71. The molecular formula is C12H22N2O5. The predicted octanol–water partition coefficient (Wildman–Crippen LogP) is -0.749. The highest BCUT2D eigenvalue weighted by Gasteiger charge is 2.00. The highest BCUT2D eigenvalue weighted by Crippen LogP contribution is 1.86. The normalized spacial score (nSPS) is 9.89. The highest BCUT2D eigenvalue weighted by atomic mass is 16.5. The first-order valence-electron chi connectivity index (χ1n) is 6.34. The van der Waals surface area contributed by atoms with Crippen molar-refractivity contribution < 1.29 is 23.9 Å². The molecule has 0 spiro atoms. The summed E-state index contributed by atoms with van der Waals surface area (Å²) in [5.41, 5.74) is 0. The third-order valence-corrected chi connectivity index (χ3v) is 2.12. The zero-order chi connectivity index (χ0) is 14.2. The van der Waals surface area contributed by atoms with Gasteiger partial charge in [0.15, 0.2) is 0 Å². The van der Waals surface area contributed by atoms with Gasteiger partial charge < -0.3 is 24.9 Å². The van der Waals surface area contributed by atoms with Gasteiger partial charge in [-0.05, 0) is 6.42 Å². The van der Waals surface area contributed by atoms with Gasteiger partial charge in [0.2, 0.25) is 12.3 Å². The van der Waals surface area contributed by atoms with E-state index in [9.17, 15) is 14.4 Å². The predicted molar refractivity (Wildman–Crippen MR) is 68.6 cm³/mol. The van der Waals surface area contributed by atoms with Gasteiger partial charge in [-0.15, -0.1) is 0 Å². The van der Waals surface area contributed by atoms with Gasteiger partial charge in [0.1, 0.15) is 6.29 Å². The first kappa shape index (κ1) is 17.5. The Hall–Kier alpha value is -1.47. The molecule has 0 aromatic carbocycles. The summed E-state index contributed by atoms with van der Waals surface area (Å²) < 4.78 is 10.3. The van der Waals surface area contributed by atoms with E-state index in [1.54, 1.807) is 0 Å². The zero-order valence-corrected chi connectivity index (χ0v) is 11.1. The Morgan fingerprint density at radius 2 is 1.79 bits per heavy atom. The number of hydrogen-bond acceptors (Lipinski definition) is 5. The maximum atomic E-state index is 11.3. The van der Waals surface area contributed by atoms with Crippen molar-refractivity contribution in [1.82, 2.24) is 10.6 Å². The molecule has 0 aliphatic carbocycles. The van der Waals surface area contributed by atoms with Crippen molar-refractivity contribution in [3.05, 3.63) is 0 Å². The van der Waals surface area contributed by atoms with E-state index < -0.39 is 0 Å². The molecule has 0 saturated heterocycles. The molecule has 0 radical (unpaired) electrons. The molecule has 0 rings (SSSR count). The molecule has 0 heterocycles. The van der Waals surface area contributed by atoms with Crippen LogP contribution in [-0.4, -0.2) is 58.1 Å². The maximum absolute atomic E-state index is 11.3. The van der Waals surface area contributed by atoms with E-state index in [0.717, 1.165) is 12.7 Å². The lowest BCUT2D eigenvalue weighted by Gasteiger charge is -2.06. The number of nitrogens with one attached hydrogen (secondary N) is 2. The Morgan fingerprint density at radius 3 is 2.53 bits per heavy atom. The summed E-state index contributed by atoms with van der Waals surface area (Å²) in [5, 5.41) is 5.20. The first-order chi connectivity index (χ1) is 9.31. The van der Waals surface area contributed by atoms with Crippen molar-refractivity contribution in [2.75, 3.05) is 39.5 Å². The van der Waals surface area contributed by atoms with Crippen molar-refractivity contribution in [1.29, 1.82) is 0 Å². The van der Waals surface area contributed by atoms with Crippen LogP contribution in [0, 0.1) is 0 Å². The molecule has 7 heteroatoms. The van der Waals surface area contributed by atoms with Crippen LogP contribution in [-0.2, 0) is 23.9 Å². The van der Waals surface area contributed by atoms with E-state index in [4.69, 9.17) is 9.47 Å². The first-order valence-corrected chi connectivity index (χ1v) is 6.34. The van der Waals surface area contributed by atoms with Gasteiger partial charge in [0, 0.05) is 32.5 Å². The number of carbonyl (C=O) groups excluding carboxylic acids is 3. The van der Waals surface area contributed by atoms with Gasteiger partial charge in [-0.1, -0.05) is 0 Å². The van der Waals surface area contributed by atoms with Gasteiger partial charge in [-0.2, -0.15) is 0 Å². The second-order valence-corrected chi connectivity index (χ2v) is 3.71. The van der Waals surface area contributed by atoms with Crippen LogP contribution in [0.4, 0.5) is 0 Å². The quantitative estimate of drug-likeness (QED) is 0.321. The van der Waals surface area contributed by atoms with E-state index in [1.807, 2.05) is 0 Å². The van der Waals surface area contributed by atoms with Crippen molar-refractivity contribution in [3.63, 3.8) is 0 Å². The van der Waals surface area contributed by atoms with E-state index >= 15 is 0 Å². The Balaban J connectivity index is 3.16. The van der Waals surface area contributed by atoms with Gasteiger partial charge >= 0.3 is 0 Å². The molecule has 0 unspecified atom stereocenters. The van der Waals surface area contributed by atoms with Crippen molar-refractivity contribution in [2.45, 2.75) is 19.3 Å². The molecule has 0 aliphatic heterocycles. The minimum atomic E-state index is -0.0926. The van der Waals surface area contributed by atoms with E-state index in [2.05, 4.69) is 10.6 Å². The second kappa shape index (κ2) is 14.6. The SMILES string of the molecule is O=CCCOCCNC(=O)CCOCCCNC=O. The Morgan fingerprint density at radius 1 is 1.00 bits per heavy atom. The van der Waals surface area contributed by atoms with Crippen molar-refractivity contribution >= 4 is 18.6 Å². The van der Waals surface area contributed by atoms with Gasteiger partial charge in [-0.3, -0.25) is 9.59 Å². The lowest BCUT2D eigenvalue weighted by Crippen LogP contribution is -2.28. The fraction of sp³-hybridized carbons (Fsp3) is 0.750. The number of hydrogen-bond donors (Lipinski definition) is 2. The summed E-state index contributed by atoms with van der Waals surface area (Å²) >= 11 is 0. The Labute approximate surface area is 113 Å². The summed E-state index contributed by atoms with van der Waals surface area (Å²) in [4.78, 5) is 31.2. The molecule has 0 aliphatic rings. The number of rotatable bonds is 14. The third kappa shape index (κ3) is 14.5. The molecule has 110 valence electrons. The zero-order valence-electron chi connectivity index (χ0n) is 11.1. The monoisotopic (exact) mass is 274 g/mol. The van der Waals surface area contributed by atoms with Gasteiger partial charge in [0.05, 0.1) is 19.8 Å². The maximum Gasteiger partial charge on any atom is 0.222 e. The molecule has 0 fully saturated rings. The summed E-state index contributed by atoms with van der Waals surface area (Å²) in [5.74, 6) is -0.0926. The van der Waals surface area contributed by atoms with Crippen LogP contribution in [0.5, 0.6) is 0 Å². The lowest BCUT2D eigenvalue weighted by atomic mass is 10.4. The highest BCUT2D eigenvalue weighted by molar-refractivity contribution is 5.75. The fourth-order valence-electron chi connectivity index (χ4n) is 1.19. The fourth-order valence-corrected chi connectivity index (χ4v) is 1.19. The largest absolute Gasteiger partial charge is 0.381 e. The molecule has 0 aromatic heterocycles. The Bertz CT molecular complexity index is 248. The number of carbonyl (C=O) groups is 3. The lowest BCUT2D eigenvalue weighted by molar-refractivity contribution is -0.122. The Kier molecular flexibility index (Phi) is 13.5. The molecule has 2 N–H and O–H groups in total. The number of aldehydes is 1. The summed E-state index contributed by atoms with van der Waals surface area (Å²) in [6.07, 6.45) is 2.84. The standard InChI is InChI=1S/C12H22N2O5/c15-6-2-8-19-10-5-14-12(17)3-9-18-7-1-4-13-11-16/h6,11H,1-5,7-10H2,(H,13,16)(H,14,17). The van der Waals surface area contributed by atoms with Crippen molar-refractivity contribution in [3.8, 4) is 0 Å². The summed E-state index contributed by atoms with van der Waals surface area (Å²) in [7, 11) is 0. The van der Waals surface area contributed by atoms with Crippen LogP contribution in [0.15, 0.2) is 0 Å². The van der Waals surface area contributed by atoms with Crippen LogP contribution in [0.2, 0.25) is 0 Å². The number of amides is 2. The van der Waals surface area contributed by atoms with Gasteiger partial charge in [0.25, 0.3) is 0 Å². The van der Waals surface area contributed by atoms with Crippen LogP contribution in [0.25, 0.3) is 0 Å². The molecule has 0 atom stereocenters. The molecular weight excluding hydrogens is 252 g/mol. The molecule has 0 bridgehead atoms. The molecule has 2 amide bonds. The van der Waals surface area contributed by atoms with Gasteiger partial charge in [-0.25, -0.2) is 0 Å². The van der Waals surface area contributed by atoms with E-state index in [0.29, 0.717) is 58.8 Å². The third-order valence-electron chi connectivity index (χ3n) is 2.12.